The van der Waals surface area contributed by atoms with Gasteiger partial charge in [-0.1, -0.05) is 54.6 Å². The highest BCUT2D eigenvalue weighted by atomic mass is 32.1. The fraction of sp³-hybridized carbons (Fsp3) is 0.182. The molecule has 30 heavy (non-hydrogen) atoms. The van der Waals surface area contributed by atoms with Crippen molar-refractivity contribution >= 4 is 34.3 Å². The van der Waals surface area contributed by atoms with Gasteiger partial charge in [0.25, 0.3) is 5.91 Å². The molecule has 1 aliphatic carbocycles. The molecule has 0 bridgehead atoms. The zero-order valence-corrected chi connectivity index (χ0v) is 16.7. The number of amides is 4. The normalized spacial score (nSPS) is 19.8. The van der Waals surface area contributed by atoms with E-state index >= 15 is 0 Å². The number of anilines is 1. The highest BCUT2D eigenvalue weighted by molar-refractivity contribution is 7.14. The van der Waals surface area contributed by atoms with Crippen molar-refractivity contribution in [2.75, 3.05) is 11.9 Å². The standard InChI is InChI=1S/C22H18N4O3S/c27-18(24-20-23-17(13-30-20)15-7-2-1-3-8-15)12-26-19(28)22(25-21(26)29)11-10-14-6-4-5-9-16(14)22/h1-9,13H,10-12H2,(H,25,29)(H,23,24,27). The van der Waals surface area contributed by atoms with E-state index in [4.69, 9.17) is 0 Å². The largest absolute Gasteiger partial charge is 0.325 e. The van der Waals surface area contributed by atoms with Gasteiger partial charge in [0.15, 0.2) is 5.13 Å². The van der Waals surface area contributed by atoms with Crippen molar-refractivity contribution in [1.29, 1.82) is 0 Å². The first-order valence-electron chi connectivity index (χ1n) is 9.60. The number of aryl methyl sites for hydroxylation is 1. The Bertz CT molecular complexity index is 1160. The van der Waals surface area contributed by atoms with Crippen LogP contribution in [0.4, 0.5) is 9.93 Å². The molecule has 2 heterocycles. The number of carbonyl (C=O) groups is 3. The van der Waals surface area contributed by atoms with Crippen molar-refractivity contribution in [3.63, 3.8) is 0 Å². The van der Waals surface area contributed by atoms with E-state index in [2.05, 4.69) is 15.6 Å². The number of hydrogen-bond acceptors (Lipinski definition) is 5. The lowest BCUT2D eigenvalue weighted by Gasteiger charge is -2.22. The monoisotopic (exact) mass is 418 g/mol. The van der Waals surface area contributed by atoms with Crippen LogP contribution in [0.1, 0.15) is 17.5 Å². The number of aromatic nitrogens is 1. The smallest absolute Gasteiger partial charge is 0.319 e. The second-order valence-electron chi connectivity index (χ2n) is 7.34. The van der Waals surface area contributed by atoms with E-state index in [1.165, 1.54) is 11.3 Å². The number of carbonyl (C=O) groups excluding carboxylic acids is 3. The van der Waals surface area contributed by atoms with E-state index in [0.717, 1.165) is 27.3 Å². The molecular weight excluding hydrogens is 400 g/mol. The average molecular weight is 418 g/mol. The van der Waals surface area contributed by atoms with Crippen molar-refractivity contribution in [2.45, 2.75) is 18.4 Å². The van der Waals surface area contributed by atoms with Gasteiger partial charge in [0, 0.05) is 10.9 Å². The molecule has 0 radical (unpaired) electrons. The van der Waals surface area contributed by atoms with Crippen molar-refractivity contribution in [2.24, 2.45) is 0 Å². The highest BCUT2D eigenvalue weighted by Gasteiger charge is 2.55. The summed E-state index contributed by atoms with van der Waals surface area (Å²) >= 11 is 1.29. The van der Waals surface area contributed by atoms with Crippen molar-refractivity contribution < 1.29 is 14.4 Å². The predicted molar refractivity (Wildman–Crippen MR) is 113 cm³/mol. The zero-order valence-electron chi connectivity index (χ0n) is 15.9. The summed E-state index contributed by atoms with van der Waals surface area (Å²) in [6.07, 6.45) is 1.21. The third-order valence-electron chi connectivity index (χ3n) is 5.54. The Morgan fingerprint density at radius 1 is 1.13 bits per heavy atom. The fourth-order valence-electron chi connectivity index (χ4n) is 4.11. The van der Waals surface area contributed by atoms with E-state index in [1.54, 1.807) is 0 Å². The van der Waals surface area contributed by atoms with Crippen LogP contribution in [0.25, 0.3) is 11.3 Å². The molecule has 8 heteroatoms. The lowest BCUT2D eigenvalue weighted by Crippen LogP contribution is -2.42. The minimum Gasteiger partial charge on any atom is -0.319 e. The summed E-state index contributed by atoms with van der Waals surface area (Å²) in [5, 5.41) is 7.79. The zero-order chi connectivity index (χ0) is 20.7. The van der Waals surface area contributed by atoms with Gasteiger partial charge in [-0.05, 0) is 24.0 Å². The predicted octanol–water partition coefficient (Wildman–Crippen LogP) is 3.14. The Morgan fingerprint density at radius 2 is 1.90 bits per heavy atom. The van der Waals surface area contributed by atoms with Crippen LogP contribution < -0.4 is 10.6 Å². The summed E-state index contributed by atoms with van der Waals surface area (Å²) in [4.78, 5) is 43.6. The molecular formula is C22H18N4O3S. The number of nitrogens with zero attached hydrogens (tertiary/aromatic N) is 2. The summed E-state index contributed by atoms with van der Waals surface area (Å²) in [6.45, 7) is -0.352. The van der Waals surface area contributed by atoms with Gasteiger partial charge >= 0.3 is 6.03 Å². The average Bonchev–Trinajstić information content (AvgIpc) is 3.43. The number of benzene rings is 2. The minimum atomic E-state index is -1.06. The molecule has 2 N–H and O–H groups in total. The van der Waals surface area contributed by atoms with Crippen molar-refractivity contribution in [1.82, 2.24) is 15.2 Å². The van der Waals surface area contributed by atoms with E-state index in [0.29, 0.717) is 18.0 Å². The van der Waals surface area contributed by atoms with E-state index in [1.807, 2.05) is 60.0 Å². The first kappa shape index (κ1) is 18.5. The minimum absolute atomic E-state index is 0.352. The van der Waals surface area contributed by atoms with Gasteiger partial charge in [0.05, 0.1) is 5.69 Å². The van der Waals surface area contributed by atoms with Gasteiger partial charge in [-0.3, -0.25) is 14.5 Å². The number of nitrogens with one attached hydrogen (secondary N) is 2. The van der Waals surface area contributed by atoms with Gasteiger partial charge in [0.1, 0.15) is 12.1 Å². The Balaban J connectivity index is 1.30. The first-order valence-corrected chi connectivity index (χ1v) is 10.5. The second-order valence-corrected chi connectivity index (χ2v) is 8.19. The maximum Gasteiger partial charge on any atom is 0.325 e. The Hall–Kier alpha value is -3.52. The molecule has 1 fully saturated rings. The van der Waals surface area contributed by atoms with Crippen LogP contribution in [0.15, 0.2) is 60.0 Å². The van der Waals surface area contributed by atoms with Crippen LogP contribution in [0.3, 0.4) is 0 Å². The second kappa shape index (κ2) is 7.07. The highest BCUT2D eigenvalue weighted by Crippen LogP contribution is 2.41. The van der Waals surface area contributed by atoms with Crippen molar-refractivity contribution in [3.8, 4) is 11.3 Å². The quantitative estimate of drug-likeness (QED) is 0.637. The molecule has 1 aliphatic heterocycles. The van der Waals surface area contributed by atoms with E-state index in [9.17, 15) is 14.4 Å². The molecule has 1 unspecified atom stereocenters. The first-order chi connectivity index (χ1) is 14.6. The van der Waals surface area contributed by atoms with Gasteiger partial charge in [-0.15, -0.1) is 11.3 Å². The van der Waals surface area contributed by atoms with Crippen LogP contribution >= 0.6 is 11.3 Å². The van der Waals surface area contributed by atoms with E-state index < -0.39 is 17.5 Å². The topological polar surface area (TPSA) is 91.4 Å². The number of urea groups is 1. The van der Waals surface area contributed by atoms with Gasteiger partial charge < -0.3 is 10.6 Å². The molecule has 150 valence electrons. The van der Waals surface area contributed by atoms with Gasteiger partial charge in [-0.25, -0.2) is 9.78 Å². The SMILES string of the molecule is O=C(CN1C(=O)NC2(CCc3ccccc32)C1=O)Nc1nc(-c2ccccc2)cs1. The molecule has 4 amide bonds. The molecule has 7 nitrogen and oxygen atoms in total. The fourth-order valence-corrected chi connectivity index (χ4v) is 4.84. The lowest BCUT2D eigenvalue weighted by molar-refractivity contribution is -0.134. The molecule has 1 aromatic heterocycles. The lowest BCUT2D eigenvalue weighted by atomic mass is 9.92. The van der Waals surface area contributed by atoms with Gasteiger partial charge in [-0.2, -0.15) is 0 Å². The number of hydrogen-bond donors (Lipinski definition) is 2. The maximum atomic E-state index is 13.1. The summed E-state index contributed by atoms with van der Waals surface area (Å²) in [6, 6.07) is 16.7. The summed E-state index contributed by atoms with van der Waals surface area (Å²) in [7, 11) is 0. The Labute approximate surface area is 176 Å². The van der Waals surface area contributed by atoms with E-state index in [-0.39, 0.29) is 12.5 Å². The summed E-state index contributed by atoms with van der Waals surface area (Å²) in [5.74, 6) is -0.840. The molecule has 2 aromatic carbocycles. The molecule has 3 aromatic rings. The van der Waals surface area contributed by atoms with Crippen LogP contribution in [-0.2, 0) is 21.5 Å². The third kappa shape index (κ3) is 2.96. The molecule has 1 atom stereocenters. The number of rotatable bonds is 4. The summed E-state index contributed by atoms with van der Waals surface area (Å²) < 4.78 is 0. The molecule has 2 aliphatic rings. The van der Waals surface area contributed by atoms with Gasteiger partial charge in [0.2, 0.25) is 5.91 Å². The molecule has 5 rings (SSSR count). The van der Waals surface area contributed by atoms with Crippen LogP contribution in [0.5, 0.6) is 0 Å². The Kier molecular flexibility index (Phi) is 4.36. The van der Waals surface area contributed by atoms with Crippen molar-refractivity contribution in [3.05, 3.63) is 71.1 Å². The van der Waals surface area contributed by atoms with Crippen LogP contribution in [0.2, 0.25) is 0 Å². The number of thiazole rings is 1. The maximum absolute atomic E-state index is 13.1. The number of fused-ring (bicyclic) bond motifs is 2. The molecule has 1 saturated heterocycles. The van der Waals surface area contributed by atoms with Crippen LogP contribution in [-0.4, -0.2) is 34.3 Å². The summed E-state index contributed by atoms with van der Waals surface area (Å²) in [5.41, 5.74) is 2.51. The third-order valence-corrected chi connectivity index (χ3v) is 6.30. The van der Waals surface area contributed by atoms with Crippen LogP contribution in [0, 0.1) is 0 Å². The number of imide groups is 1. The Morgan fingerprint density at radius 3 is 2.73 bits per heavy atom. The molecule has 1 spiro atoms. The molecule has 0 saturated carbocycles.